The van der Waals surface area contributed by atoms with Crippen LogP contribution in [-0.4, -0.2) is 31.1 Å². The summed E-state index contributed by atoms with van der Waals surface area (Å²) in [7, 11) is 0. The zero-order chi connectivity index (χ0) is 17.3. The number of hydrogen-bond donors (Lipinski definition) is 0. The highest BCUT2D eigenvalue weighted by molar-refractivity contribution is 7.99. The molecule has 1 saturated heterocycles. The van der Waals surface area contributed by atoms with Crippen LogP contribution in [0.25, 0.3) is 0 Å². The average Bonchev–Trinajstić information content (AvgIpc) is 2.73. The van der Waals surface area contributed by atoms with E-state index in [1.165, 1.54) is 26.6 Å². The van der Waals surface area contributed by atoms with Crippen molar-refractivity contribution in [3.8, 4) is 0 Å². The summed E-state index contributed by atoms with van der Waals surface area (Å²) in [6.07, 6.45) is 0. The number of fused-ring (bicyclic) bond motifs is 2. The molecule has 0 N–H and O–H groups in total. The first-order valence-electron chi connectivity index (χ1n) is 9.30. The third kappa shape index (κ3) is 2.81. The number of benzene rings is 3. The molecule has 1 fully saturated rings. The molecular formula is C23H22N2S. The Morgan fingerprint density at radius 2 is 1.15 bits per heavy atom. The molecule has 0 saturated carbocycles. The summed E-state index contributed by atoms with van der Waals surface area (Å²) in [4.78, 5) is 7.98. The number of anilines is 1. The van der Waals surface area contributed by atoms with Crippen molar-refractivity contribution in [2.24, 2.45) is 0 Å². The van der Waals surface area contributed by atoms with Crippen LogP contribution in [0, 0.1) is 0 Å². The zero-order valence-corrected chi connectivity index (χ0v) is 15.5. The molecule has 2 aliphatic heterocycles. The molecule has 2 aliphatic rings. The van der Waals surface area contributed by atoms with Crippen molar-refractivity contribution in [2.75, 3.05) is 31.1 Å². The Morgan fingerprint density at radius 3 is 1.77 bits per heavy atom. The summed E-state index contributed by atoms with van der Waals surface area (Å²) in [6, 6.07) is 29.0. The maximum Gasteiger partial charge on any atom is 0.0625 e. The minimum Gasteiger partial charge on any atom is -0.369 e. The van der Waals surface area contributed by atoms with E-state index in [0.717, 1.165) is 26.2 Å². The monoisotopic (exact) mass is 358 g/mol. The van der Waals surface area contributed by atoms with Gasteiger partial charge in [0, 0.05) is 41.7 Å². The summed E-state index contributed by atoms with van der Waals surface area (Å²) in [5.74, 6) is 0. The SMILES string of the molecule is c1ccc(N2CCN(C3c4ccccc4Sc4ccccc43)CC2)cc1. The lowest BCUT2D eigenvalue weighted by molar-refractivity contribution is 0.208. The number of hydrogen-bond acceptors (Lipinski definition) is 3. The van der Waals surface area contributed by atoms with Crippen LogP contribution in [0.1, 0.15) is 17.2 Å². The second-order valence-electron chi connectivity index (χ2n) is 6.94. The van der Waals surface area contributed by atoms with Crippen LogP contribution < -0.4 is 4.90 Å². The summed E-state index contributed by atoms with van der Waals surface area (Å²) in [5, 5.41) is 0. The molecule has 0 bridgehead atoms. The lowest BCUT2D eigenvalue weighted by Crippen LogP contribution is -2.48. The Morgan fingerprint density at radius 1 is 0.615 bits per heavy atom. The van der Waals surface area contributed by atoms with E-state index in [0.29, 0.717) is 6.04 Å². The third-order valence-corrected chi connectivity index (χ3v) is 6.63. The van der Waals surface area contributed by atoms with Crippen molar-refractivity contribution < 1.29 is 0 Å². The summed E-state index contributed by atoms with van der Waals surface area (Å²) in [5.41, 5.74) is 4.26. The Labute approximate surface area is 159 Å². The predicted octanol–water partition coefficient (Wildman–Crippen LogP) is 5.06. The minimum absolute atomic E-state index is 0.376. The maximum absolute atomic E-state index is 2.66. The molecule has 3 aromatic rings. The molecule has 0 aromatic heterocycles. The van der Waals surface area contributed by atoms with E-state index in [4.69, 9.17) is 0 Å². The molecule has 3 heteroatoms. The Balaban J connectivity index is 1.44. The largest absolute Gasteiger partial charge is 0.369 e. The normalized spacial score (nSPS) is 17.6. The molecule has 2 nitrogen and oxygen atoms in total. The lowest BCUT2D eigenvalue weighted by Gasteiger charge is -2.42. The minimum atomic E-state index is 0.376. The van der Waals surface area contributed by atoms with Crippen LogP contribution >= 0.6 is 11.8 Å². The van der Waals surface area contributed by atoms with Crippen molar-refractivity contribution in [3.63, 3.8) is 0 Å². The second kappa shape index (κ2) is 6.82. The van der Waals surface area contributed by atoms with Gasteiger partial charge < -0.3 is 4.90 Å². The molecule has 3 aromatic carbocycles. The van der Waals surface area contributed by atoms with Crippen molar-refractivity contribution in [2.45, 2.75) is 15.8 Å². The molecule has 26 heavy (non-hydrogen) atoms. The number of piperazine rings is 1. The fraction of sp³-hybridized carbons (Fsp3) is 0.217. The Kier molecular flexibility index (Phi) is 4.19. The van der Waals surface area contributed by atoms with Gasteiger partial charge in [-0.25, -0.2) is 0 Å². The molecular weight excluding hydrogens is 336 g/mol. The van der Waals surface area contributed by atoms with Crippen LogP contribution in [0.5, 0.6) is 0 Å². The second-order valence-corrected chi connectivity index (χ2v) is 8.02. The van der Waals surface area contributed by atoms with E-state index in [-0.39, 0.29) is 0 Å². The van der Waals surface area contributed by atoms with Gasteiger partial charge in [-0.3, -0.25) is 4.90 Å². The van der Waals surface area contributed by atoms with Gasteiger partial charge in [-0.2, -0.15) is 0 Å². The standard InChI is InChI=1S/C23H22N2S/c1-2-8-18(9-3-1)24-14-16-25(17-15-24)23-19-10-4-6-12-21(19)26-22-13-7-5-11-20(22)23/h1-13,23H,14-17H2. The summed E-state index contributed by atoms with van der Waals surface area (Å²) >= 11 is 1.91. The quantitative estimate of drug-likeness (QED) is 0.632. The number of para-hydroxylation sites is 1. The lowest BCUT2D eigenvalue weighted by atomic mass is 9.95. The van der Waals surface area contributed by atoms with Gasteiger partial charge in [0.05, 0.1) is 6.04 Å². The van der Waals surface area contributed by atoms with Crippen LogP contribution in [0.15, 0.2) is 88.7 Å². The Hall–Kier alpha value is -2.23. The topological polar surface area (TPSA) is 6.48 Å². The molecule has 0 aliphatic carbocycles. The molecule has 0 unspecified atom stereocenters. The van der Waals surface area contributed by atoms with Gasteiger partial charge in [0.1, 0.15) is 0 Å². The van der Waals surface area contributed by atoms with Gasteiger partial charge in [-0.05, 0) is 35.4 Å². The Bertz CT molecular complexity index is 855. The van der Waals surface area contributed by atoms with E-state index in [9.17, 15) is 0 Å². The summed E-state index contributed by atoms with van der Waals surface area (Å²) < 4.78 is 0. The highest BCUT2D eigenvalue weighted by Gasteiger charge is 2.32. The first-order chi connectivity index (χ1) is 12.9. The smallest absolute Gasteiger partial charge is 0.0625 e. The van der Waals surface area contributed by atoms with Gasteiger partial charge in [0.15, 0.2) is 0 Å². The van der Waals surface area contributed by atoms with Gasteiger partial charge in [0.2, 0.25) is 0 Å². The summed E-state index contributed by atoms with van der Waals surface area (Å²) in [6.45, 7) is 4.34. The predicted molar refractivity (Wildman–Crippen MR) is 109 cm³/mol. The van der Waals surface area contributed by atoms with Crippen LogP contribution in [0.4, 0.5) is 5.69 Å². The molecule has 0 spiro atoms. The first-order valence-corrected chi connectivity index (χ1v) is 10.1. The van der Waals surface area contributed by atoms with Crippen LogP contribution in [0.3, 0.4) is 0 Å². The van der Waals surface area contributed by atoms with E-state index in [2.05, 4.69) is 88.7 Å². The van der Waals surface area contributed by atoms with E-state index in [1.807, 2.05) is 11.8 Å². The molecule has 130 valence electrons. The van der Waals surface area contributed by atoms with Crippen molar-refractivity contribution in [3.05, 3.63) is 90.0 Å². The van der Waals surface area contributed by atoms with Gasteiger partial charge in [0.25, 0.3) is 0 Å². The zero-order valence-electron chi connectivity index (χ0n) is 14.7. The van der Waals surface area contributed by atoms with Crippen LogP contribution in [0.2, 0.25) is 0 Å². The van der Waals surface area contributed by atoms with Gasteiger partial charge in [-0.15, -0.1) is 0 Å². The fourth-order valence-corrected chi connectivity index (χ4v) is 5.28. The highest BCUT2D eigenvalue weighted by Crippen LogP contribution is 2.47. The maximum atomic E-state index is 2.66. The molecule has 5 rings (SSSR count). The van der Waals surface area contributed by atoms with Crippen molar-refractivity contribution >= 4 is 17.4 Å². The number of rotatable bonds is 2. The third-order valence-electron chi connectivity index (χ3n) is 5.45. The molecule has 2 heterocycles. The van der Waals surface area contributed by atoms with E-state index >= 15 is 0 Å². The van der Waals surface area contributed by atoms with Crippen LogP contribution in [-0.2, 0) is 0 Å². The fourth-order valence-electron chi connectivity index (χ4n) is 4.16. The molecule has 0 radical (unpaired) electrons. The molecule has 0 amide bonds. The van der Waals surface area contributed by atoms with E-state index < -0.39 is 0 Å². The number of nitrogens with zero attached hydrogens (tertiary/aromatic N) is 2. The van der Waals surface area contributed by atoms with Gasteiger partial charge >= 0.3 is 0 Å². The molecule has 0 atom stereocenters. The van der Waals surface area contributed by atoms with Crippen molar-refractivity contribution in [1.82, 2.24) is 4.90 Å². The van der Waals surface area contributed by atoms with Crippen molar-refractivity contribution in [1.29, 1.82) is 0 Å². The first kappa shape index (κ1) is 16.0. The van der Waals surface area contributed by atoms with Gasteiger partial charge in [-0.1, -0.05) is 66.4 Å². The van der Waals surface area contributed by atoms with E-state index in [1.54, 1.807) is 0 Å². The average molecular weight is 359 g/mol. The highest BCUT2D eigenvalue weighted by atomic mass is 32.2.